The van der Waals surface area contributed by atoms with Gasteiger partial charge in [-0.2, -0.15) is 0 Å². The van der Waals surface area contributed by atoms with Gasteiger partial charge in [-0.15, -0.1) is 0 Å². The van der Waals surface area contributed by atoms with Gasteiger partial charge in [0.15, 0.2) is 0 Å². The first-order valence-electron chi connectivity index (χ1n) is 8.83. The van der Waals surface area contributed by atoms with Gasteiger partial charge in [-0.1, -0.05) is 49.1 Å². The third kappa shape index (κ3) is 4.47. The van der Waals surface area contributed by atoms with Crippen LogP contribution in [0.15, 0.2) is 24.3 Å². The molecule has 2 amide bonds. The molecule has 1 aromatic carbocycles. The number of carbonyl (C=O) groups is 1. The minimum atomic E-state index is -0.705. The number of hydrogen-bond donors (Lipinski definition) is 3. The minimum Gasteiger partial charge on any atom is -0.388 e. The van der Waals surface area contributed by atoms with E-state index in [2.05, 4.69) is 41.8 Å². The largest absolute Gasteiger partial charge is 0.388 e. The Kier molecular flexibility index (Phi) is 4.62. The highest BCUT2D eigenvalue weighted by atomic mass is 16.3. The maximum absolute atomic E-state index is 12.2. The van der Waals surface area contributed by atoms with Gasteiger partial charge in [-0.05, 0) is 44.6 Å². The quantitative estimate of drug-likeness (QED) is 0.782. The molecule has 2 saturated carbocycles. The zero-order valence-corrected chi connectivity index (χ0v) is 14.0. The van der Waals surface area contributed by atoms with E-state index in [0.29, 0.717) is 6.54 Å². The average molecular weight is 316 g/mol. The van der Waals surface area contributed by atoms with E-state index in [9.17, 15) is 9.90 Å². The summed E-state index contributed by atoms with van der Waals surface area (Å²) in [5.41, 5.74) is 1.72. The highest BCUT2D eigenvalue weighted by Gasteiger charge is 2.44. The molecule has 23 heavy (non-hydrogen) atoms. The van der Waals surface area contributed by atoms with E-state index in [-0.39, 0.29) is 11.6 Å². The Morgan fingerprint density at radius 1 is 1.09 bits per heavy atom. The summed E-state index contributed by atoms with van der Waals surface area (Å²) in [5.74, 6) is 0. The number of nitrogens with one attached hydrogen (secondary N) is 2. The number of rotatable bonds is 5. The number of hydrogen-bond acceptors (Lipinski definition) is 2. The van der Waals surface area contributed by atoms with Gasteiger partial charge < -0.3 is 15.7 Å². The Morgan fingerprint density at radius 2 is 1.74 bits per heavy atom. The van der Waals surface area contributed by atoms with Crippen LogP contribution in [0.1, 0.15) is 56.1 Å². The van der Waals surface area contributed by atoms with Crippen molar-refractivity contribution >= 4 is 6.03 Å². The first kappa shape index (κ1) is 16.3. The topological polar surface area (TPSA) is 61.4 Å². The summed E-state index contributed by atoms with van der Waals surface area (Å²) in [6.07, 6.45) is 7.81. The van der Waals surface area contributed by atoms with E-state index in [1.165, 1.54) is 17.5 Å². The number of aryl methyl sites for hydroxylation is 1. The molecular formula is C19H28N2O2. The van der Waals surface area contributed by atoms with Crippen LogP contribution in [0.25, 0.3) is 0 Å². The SMILES string of the molecule is Cc1ccc(CC2(NC(=O)NCC3(O)CCCCC3)CC2)cc1. The second-order valence-corrected chi connectivity index (χ2v) is 7.54. The molecule has 4 nitrogen and oxygen atoms in total. The molecular weight excluding hydrogens is 288 g/mol. The van der Waals surface area contributed by atoms with Crippen molar-refractivity contribution in [3.63, 3.8) is 0 Å². The molecule has 3 rings (SSSR count). The Bertz CT molecular complexity index is 543. The van der Waals surface area contributed by atoms with Crippen LogP contribution in [-0.2, 0) is 6.42 Å². The monoisotopic (exact) mass is 316 g/mol. The maximum Gasteiger partial charge on any atom is 0.315 e. The van der Waals surface area contributed by atoms with Gasteiger partial charge in [0.1, 0.15) is 0 Å². The van der Waals surface area contributed by atoms with Crippen LogP contribution in [-0.4, -0.2) is 28.8 Å². The second kappa shape index (κ2) is 6.52. The minimum absolute atomic E-state index is 0.0888. The average Bonchev–Trinajstić information content (AvgIpc) is 3.28. The fourth-order valence-corrected chi connectivity index (χ4v) is 3.51. The first-order valence-corrected chi connectivity index (χ1v) is 8.83. The normalized spacial score (nSPS) is 21.5. The lowest BCUT2D eigenvalue weighted by molar-refractivity contribution is 0.00709. The van der Waals surface area contributed by atoms with Gasteiger partial charge >= 0.3 is 6.03 Å². The Hall–Kier alpha value is -1.55. The molecule has 2 aliphatic rings. The van der Waals surface area contributed by atoms with Crippen LogP contribution in [0.5, 0.6) is 0 Å². The van der Waals surface area contributed by atoms with Crippen molar-refractivity contribution in [3.8, 4) is 0 Å². The summed E-state index contributed by atoms with van der Waals surface area (Å²) in [4.78, 5) is 12.2. The first-order chi connectivity index (χ1) is 11.0. The number of amides is 2. The number of aliphatic hydroxyl groups is 1. The molecule has 0 saturated heterocycles. The summed E-state index contributed by atoms with van der Waals surface area (Å²) in [6.45, 7) is 2.44. The van der Waals surface area contributed by atoms with Crippen molar-refractivity contribution in [1.29, 1.82) is 0 Å². The Morgan fingerprint density at radius 3 is 2.35 bits per heavy atom. The van der Waals surface area contributed by atoms with Crippen LogP contribution in [0.2, 0.25) is 0 Å². The summed E-state index contributed by atoms with van der Waals surface area (Å²) >= 11 is 0. The molecule has 0 unspecified atom stereocenters. The number of carbonyl (C=O) groups excluding carboxylic acids is 1. The summed E-state index contributed by atoms with van der Waals surface area (Å²) < 4.78 is 0. The van der Waals surface area contributed by atoms with Crippen molar-refractivity contribution < 1.29 is 9.90 Å². The predicted molar refractivity (Wildman–Crippen MR) is 91.4 cm³/mol. The van der Waals surface area contributed by atoms with Gasteiger partial charge in [-0.25, -0.2) is 4.79 Å². The fourth-order valence-electron chi connectivity index (χ4n) is 3.51. The fraction of sp³-hybridized carbons (Fsp3) is 0.632. The zero-order chi connectivity index (χ0) is 16.3. The van der Waals surface area contributed by atoms with Gasteiger partial charge in [-0.3, -0.25) is 0 Å². The lowest BCUT2D eigenvalue weighted by Crippen LogP contribution is -2.50. The van der Waals surface area contributed by atoms with Crippen LogP contribution >= 0.6 is 0 Å². The Labute approximate surface area is 138 Å². The number of urea groups is 1. The molecule has 0 aromatic heterocycles. The molecule has 1 aromatic rings. The highest BCUT2D eigenvalue weighted by Crippen LogP contribution is 2.38. The van der Waals surface area contributed by atoms with Crippen molar-refractivity contribution in [3.05, 3.63) is 35.4 Å². The van der Waals surface area contributed by atoms with Crippen molar-refractivity contribution in [2.45, 2.75) is 69.4 Å². The third-order valence-electron chi connectivity index (χ3n) is 5.26. The lowest BCUT2D eigenvalue weighted by atomic mass is 9.85. The molecule has 0 atom stereocenters. The summed E-state index contributed by atoms with van der Waals surface area (Å²) in [5, 5.41) is 16.5. The van der Waals surface area contributed by atoms with Crippen LogP contribution in [0, 0.1) is 6.92 Å². The van der Waals surface area contributed by atoms with E-state index in [1.54, 1.807) is 0 Å². The smallest absolute Gasteiger partial charge is 0.315 e. The molecule has 126 valence electrons. The molecule has 2 aliphatic carbocycles. The van der Waals surface area contributed by atoms with E-state index in [0.717, 1.165) is 44.9 Å². The van der Waals surface area contributed by atoms with Gasteiger partial charge in [0.05, 0.1) is 5.60 Å². The maximum atomic E-state index is 12.2. The number of benzene rings is 1. The molecule has 2 fully saturated rings. The molecule has 0 spiro atoms. The molecule has 0 aliphatic heterocycles. The van der Waals surface area contributed by atoms with Crippen molar-refractivity contribution in [1.82, 2.24) is 10.6 Å². The van der Waals surface area contributed by atoms with E-state index in [4.69, 9.17) is 0 Å². The summed E-state index contributed by atoms with van der Waals surface area (Å²) in [7, 11) is 0. The van der Waals surface area contributed by atoms with Crippen molar-refractivity contribution in [2.75, 3.05) is 6.54 Å². The molecule has 4 heteroatoms. The predicted octanol–water partition coefficient (Wildman–Crippen LogP) is 3.06. The molecule has 3 N–H and O–H groups in total. The second-order valence-electron chi connectivity index (χ2n) is 7.54. The Balaban J connectivity index is 1.48. The van der Waals surface area contributed by atoms with Gasteiger partial charge in [0, 0.05) is 12.1 Å². The van der Waals surface area contributed by atoms with E-state index in [1.807, 2.05) is 0 Å². The lowest BCUT2D eigenvalue weighted by Gasteiger charge is -2.32. The van der Waals surface area contributed by atoms with Gasteiger partial charge in [0.25, 0.3) is 0 Å². The molecule has 0 heterocycles. The molecule has 0 radical (unpaired) electrons. The van der Waals surface area contributed by atoms with E-state index < -0.39 is 5.60 Å². The summed E-state index contributed by atoms with van der Waals surface area (Å²) in [6, 6.07) is 8.36. The zero-order valence-electron chi connectivity index (χ0n) is 14.0. The van der Waals surface area contributed by atoms with Crippen molar-refractivity contribution in [2.24, 2.45) is 0 Å². The third-order valence-corrected chi connectivity index (χ3v) is 5.26. The van der Waals surface area contributed by atoms with Crippen LogP contribution in [0.4, 0.5) is 4.79 Å². The molecule has 0 bridgehead atoms. The standard InChI is InChI=1S/C19H28N2O2/c1-15-5-7-16(8-6-15)13-18(11-12-18)21-17(22)20-14-19(23)9-3-2-4-10-19/h5-8,23H,2-4,9-14H2,1H3,(H2,20,21,22). The highest BCUT2D eigenvalue weighted by molar-refractivity contribution is 5.75. The van der Waals surface area contributed by atoms with Crippen LogP contribution in [0.3, 0.4) is 0 Å². The van der Waals surface area contributed by atoms with Crippen LogP contribution < -0.4 is 10.6 Å². The van der Waals surface area contributed by atoms with E-state index >= 15 is 0 Å². The van der Waals surface area contributed by atoms with Gasteiger partial charge in [0.2, 0.25) is 0 Å².